The second kappa shape index (κ2) is 6.33. The van der Waals surface area contributed by atoms with Gasteiger partial charge in [0.15, 0.2) is 0 Å². The number of H-pyrrole nitrogens is 1. The maximum Gasteiger partial charge on any atom is 0.247 e. The van der Waals surface area contributed by atoms with Crippen molar-refractivity contribution in [1.82, 2.24) is 15.2 Å². The van der Waals surface area contributed by atoms with Gasteiger partial charge < -0.3 is 5.32 Å². The highest BCUT2D eigenvalue weighted by Crippen LogP contribution is 1.93. The number of hydrogen-bond acceptors (Lipinski definition) is 3. The average molecular weight is 169 g/mol. The van der Waals surface area contributed by atoms with Gasteiger partial charge in [-0.05, 0) is 6.92 Å². The zero-order valence-electron chi connectivity index (χ0n) is 7.92. The summed E-state index contributed by atoms with van der Waals surface area (Å²) < 4.78 is 0. The first-order valence-corrected chi connectivity index (χ1v) is 3.89. The highest BCUT2D eigenvalue weighted by Gasteiger charge is 1.93. The minimum absolute atomic E-state index is 0.545. The third-order valence-electron chi connectivity index (χ3n) is 0.920. The molecule has 68 valence electrons. The first kappa shape index (κ1) is 10.6. The SMILES string of the molecule is CC.CN=CNc1n[nH]c(C)n1. The molecule has 12 heavy (non-hydrogen) atoms. The molecule has 5 nitrogen and oxygen atoms in total. The summed E-state index contributed by atoms with van der Waals surface area (Å²) in [5, 5.41) is 9.28. The highest BCUT2D eigenvalue weighted by molar-refractivity contribution is 5.71. The van der Waals surface area contributed by atoms with Crippen molar-refractivity contribution in [2.45, 2.75) is 20.8 Å². The topological polar surface area (TPSA) is 66.0 Å². The van der Waals surface area contributed by atoms with Gasteiger partial charge in [-0.2, -0.15) is 4.98 Å². The molecule has 0 atom stereocenters. The molecule has 1 rings (SSSR count). The average Bonchev–Trinajstić information content (AvgIpc) is 2.51. The monoisotopic (exact) mass is 169 g/mol. The van der Waals surface area contributed by atoms with E-state index in [4.69, 9.17) is 0 Å². The van der Waals surface area contributed by atoms with Crippen molar-refractivity contribution in [2.75, 3.05) is 12.4 Å². The van der Waals surface area contributed by atoms with Crippen LogP contribution in [0.25, 0.3) is 0 Å². The van der Waals surface area contributed by atoms with Gasteiger partial charge in [-0.1, -0.05) is 13.8 Å². The van der Waals surface area contributed by atoms with Crippen molar-refractivity contribution in [2.24, 2.45) is 4.99 Å². The lowest BCUT2D eigenvalue weighted by molar-refractivity contribution is 1.04. The highest BCUT2D eigenvalue weighted by atomic mass is 15.3. The van der Waals surface area contributed by atoms with Crippen molar-refractivity contribution >= 4 is 12.3 Å². The van der Waals surface area contributed by atoms with E-state index in [1.54, 1.807) is 7.05 Å². The van der Waals surface area contributed by atoms with E-state index in [-0.39, 0.29) is 0 Å². The number of nitrogens with zero attached hydrogens (tertiary/aromatic N) is 3. The Morgan fingerprint density at radius 1 is 1.50 bits per heavy atom. The summed E-state index contributed by atoms with van der Waals surface area (Å²) >= 11 is 0. The van der Waals surface area contributed by atoms with Gasteiger partial charge in [0.25, 0.3) is 0 Å². The van der Waals surface area contributed by atoms with E-state index in [2.05, 4.69) is 25.5 Å². The number of aromatic nitrogens is 3. The molecule has 0 fully saturated rings. The Morgan fingerprint density at radius 3 is 2.58 bits per heavy atom. The van der Waals surface area contributed by atoms with Gasteiger partial charge in [-0.15, -0.1) is 5.10 Å². The summed E-state index contributed by atoms with van der Waals surface area (Å²) in [7, 11) is 1.67. The van der Waals surface area contributed by atoms with Gasteiger partial charge in [0.05, 0.1) is 6.34 Å². The molecule has 0 amide bonds. The third kappa shape index (κ3) is 3.70. The molecular formula is C7H15N5. The van der Waals surface area contributed by atoms with Gasteiger partial charge in [0.1, 0.15) is 5.82 Å². The molecule has 0 saturated carbocycles. The molecule has 0 aliphatic rings. The fraction of sp³-hybridized carbons (Fsp3) is 0.571. The second-order valence-electron chi connectivity index (χ2n) is 1.78. The molecule has 0 aliphatic carbocycles. The van der Waals surface area contributed by atoms with Crippen LogP contribution in [0.3, 0.4) is 0 Å². The van der Waals surface area contributed by atoms with Crippen LogP contribution < -0.4 is 5.32 Å². The molecule has 0 radical (unpaired) electrons. The second-order valence-corrected chi connectivity index (χ2v) is 1.78. The lowest BCUT2D eigenvalue weighted by Crippen LogP contribution is -1.95. The molecule has 0 aliphatic heterocycles. The summed E-state index contributed by atoms with van der Waals surface area (Å²) in [5.41, 5.74) is 0. The number of hydrogen-bond donors (Lipinski definition) is 2. The minimum atomic E-state index is 0.545. The molecule has 1 heterocycles. The minimum Gasteiger partial charge on any atom is -0.314 e. The zero-order chi connectivity index (χ0) is 9.40. The Balaban J connectivity index is 0.000000561. The van der Waals surface area contributed by atoms with Gasteiger partial charge >= 0.3 is 0 Å². The fourth-order valence-electron chi connectivity index (χ4n) is 0.530. The van der Waals surface area contributed by atoms with E-state index in [1.807, 2.05) is 20.8 Å². The number of anilines is 1. The Hall–Kier alpha value is -1.39. The molecule has 0 saturated heterocycles. The molecule has 0 bridgehead atoms. The largest absolute Gasteiger partial charge is 0.314 e. The number of nitrogens with one attached hydrogen (secondary N) is 2. The first-order chi connectivity index (χ1) is 5.83. The lowest BCUT2D eigenvalue weighted by atomic mass is 10.7. The summed E-state index contributed by atoms with van der Waals surface area (Å²) in [6, 6.07) is 0. The Labute approximate surface area is 72.3 Å². The molecule has 1 aromatic heterocycles. The van der Waals surface area contributed by atoms with Crippen LogP contribution >= 0.6 is 0 Å². The summed E-state index contributed by atoms with van der Waals surface area (Å²) in [5.74, 6) is 1.33. The Bertz CT molecular complexity index is 227. The first-order valence-electron chi connectivity index (χ1n) is 3.89. The van der Waals surface area contributed by atoms with Crippen molar-refractivity contribution in [3.63, 3.8) is 0 Å². The molecule has 0 spiro atoms. The molecular weight excluding hydrogens is 154 g/mol. The zero-order valence-corrected chi connectivity index (χ0v) is 7.92. The van der Waals surface area contributed by atoms with Crippen molar-refractivity contribution in [3.8, 4) is 0 Å². The fourth-order valence-corrected chi connectivity index (χ4v) is 0.530. The van der Waals surface area contributed by atoms with E-state index < -0.39 is 0 Å². The van der Waals surface area contributed by atoms with Crippen molar-refractivity contribution < 1.29 is 0 Å². The molecule has 2 N–H and O–H groups in total. The molecule has 0 unspecified atom stereocenters. The molecule has 5 heteroatoms. The smallest absolute Gasteiger partial charge is 0.247 e. The number of rotatable bonds is 2. The predicted molar refractivity (Wildman–Crippen MR) is 50.5 cm³/mol. The molecule has 0 aromatic carbocycles. The van der Waals surface area contributed by atoms with Crippen molar-refractivity contribution in [3.05, 3.63) is 5.82 Å². The standard InChI is InChI=1S/C5H9N5.C2H6/c1-4-8-5(10-9-4)7-3-6-2;1-2/h3H,1-2H3,(H2,6,7,8,9,10);1-2H3. The number of aryl methyl sites for hydroxylation is 1. The van der Waals surface area contributed by atoms with E-state index in [9.17, 15) is 0 Å². The number of aliphatic imine (C=N–C) groups is 1. The van der Waals surface area contributed by atoms with Crippen LogP contribution in [0.1, 0.15) is 19.7 Å². The Morgan fingerprint density at radius 2 is 2.17 bits per heavy atom. The van der Waals surface area contributed by atoms with Gasteiger partial charge in [-0.25, -0.2) is 0 Å². The van der Waals surface area contributed by atoms with Crippen LogP contribution in [0.4, 0.5) is 5.95 Å². The van der Waals surface area contributed by atoms with Crippen LogP contribution in [0.15, 0.2) is 4.99 Å². The normalized spacial score (nSPS) is 9.33. The van der Waals surface area contributed by atoms with E-state index in [0.29, 0.717) is 5.95 Å². The molecule has 1 aromatic rings. The third-order valence-corrected chi connectivity index (χ3v) is 0.920. The van der Waals surface area contributed by atoms with Gasteiger partial charge in [0.2, 0.25) is 5.95 Å². The number of aromatic amines is 1. The van der Waals surface area contributed by atoms with E-state index in [1.165, 1.54) is 6.34 Å². The van der Waals surface area contributed by atoms with Gasteiger partial charge in [-0.3, -0.25) is 10.1 Å². The van der Waals surface area contributed by atoms with Crippen LogP contribution in [0, 0.1) is 6.92 Å². The van der Waals surface area contributed by atoms with E-state index >= 15 is 0 Å². The quantitative estimate of drug-likeness (QED) is 0.516. The summed E-state index contributed by atoms with van der Waals surface area (Å²) in [6.07, 6.45) is 1.53. The van der Waals surface area contributed by atoms with Crippen molar-refractivity contribution in [1.29, 1.82) is 0 Å². The Kier molecular flexibility index (Phi) is 5.60. The predicted octanol–water partition coefficient (Wildman–Crippen LogP) is 1.21. The van der Waals surface area contributed by atoms with Gasteiger partial charge in [0, 0.05) is 7.05 Å². The van der Waals surface area contributed by atoms with Crippen LogP contribution in [0.2, 0.25) is 0 Å². The van der Waals surface area contributed by atoms with Crippen LogP contribution in [-0.2, 0) is 0 Å². The lowest BCUT2D eigenvalue weighted by Gasteiger charge is -1.86. The van der Waals surface area contributed by atoms with Crippen LogP contribution in [-0.4, -0.2) is 28.6 Å². The van der Waals surface area contributed by atoms with E-state index in [0.717, 1.165) is 5.82 Å². The summed E-state index contributed by atoms with van der Waals surface area (Å²) in [4.78, 5) is 7.69. The summed E-state index contributed by atoms with van der Waals surface area (Å²) in [6.45, 7) is 5.83. The maximum absolute atomic E-state index is 3.98. The van der Waals surface area contributed by atoms with Crippen LogP contribution in [0.5, 0.6) is 0 Å². The maximum atomic E-state index is 3.98.